The molecule has 0 saturated carbocycles. The first kappa shape index (κ1) is 21.5. The maximum absolute atomic E-state index is 13.2. The van der Waals surface area contributed by atoms with E-state index in [-0.39, 0.29) is 11.7 Å². The van der Waals surface area contributed by atoms with E-state index >= 15 is 0 Å². The molecule has 0 radical (unpaired) electrons. The van der Waals surface area contributed by atoms with Crippen LogP contribution in [-0.2, 0) is 13.0 Å². The van der Waals surface area contributed by atoms with Crippen LogP contribution >= 0.6 is 0 Å². The number of carbonyl (C=O) groups excluding carboxylic acids is 1. The molecule has 34 heavy (non-hydrogen) atoms. The summed E-state index contributed by atoms with van der Waals surface area (Å²) < 4.78 is 13.2. The second kappa shape index (κ2) is 9.27. The van der Waals surface area contributed by atoms with Crippen LogP contribution in [0.2, 0.25) is 0 Å². The molecule has 4 aromatic rings. The van der Waals surface area contributed by atoms with E-state index in [9.17, 15) is 9.18 Å². The highest BCUT2D eigenvalue weighted by atomic mass is 19.1. The molecule has 170 valence electrons. The molecule has 0 aliphatic carbocycles. The summed E-state index contributed by atoms with van der Waals surface area (Å²) in [6.07, 6.45) is 6.09. The summed E-state index contributed by atoms with van der Waals surface area (Å²) in [5, 5.41) is 6.12. The van der Waals surface area contributed by atoms with Gasteiger partial charge in [0.05, 0.1) is 5.69 Å². The number of fused-ring (bicyclic) bond motifs is 1. The molecule has 5 rings (SSSR count). The quantitative estimate of drug-likeness (QED) is 0.447. The fourth-order valence-corrected chi connectivity index (χ4v) is 3.98. The van der Waals surface area contributed by atoms with Crippen molar-refractivity contribution in [2.45, 2.75) is 19.9 Å². The molecule has 0 saturated heterocycles. The summed E-state index contributed by atoms with van der Waals surface area (Å²) in [7, 11) is 0. The number of amides is 1. The Morgan fingerprint density at radius 1 is 1.03 bits per heavy atom. The van der Waals surface area contributed by atoms with Crippen molar-refractivity contribution in [3.05, 3.63) is 101 Å². The number of benzene rings is 2. The average molecular weight is 455 g/mol. The second-order valence-electron chi connectivity index (χ2n) is 8.16. The first-order chi connectivity index (χ1) is 16.5. The lowest BCUT2D eigenvalue weighted by Gasteiger charge is -2.31. The highest BCUT2D eigenvalue weighted by molar-refractivity contribution is 6.04. The number of rotatable bonds is 5. The molecule has 0 unspecified atom stereocenters. The third-order valence-corrected chi connectivity index (χ3v) is 5.78. The molecule has 0 atom stereocenters. The van der Waals surface area contributed by atoms with Crippen LogP contribution in [0.1, 0.15) is 27.2 Å². The number of hydrogen-bond acceptors (Lipinski definition) is 6. The van der Waals surface area contributed by atoms with Gasteiger partial charge in [-0.2, -0.15) is 0 Å². The van der Waals surface area contributed by atoms with Crippen molar-refractivity contribution >= 4 is 28.9 Å². The van der Waals surface area contributed by atoms with E-state index < -0.39 is 0 Å². The van der Waals surface area contributed by atoms with Gasteiger partial charge in [0.15, 0.2) is 0 Å². The Bertz CT molecular complexity index is 1330. The minimum Gasteiger partial charge on any atom is -0.366 e. The fraction of sp³-hybridized carbons (Fsp3) is 0.154. The number of nitrogens with one attached hydrogen (secondary N) is 2. The van der Waals surface area contributed by atoms with Gasteiger partial charge in [-0.05, 0) is 61.0 Å². The molecule has 0 spiro atoms. The molecule has 3 heterocycles. The lowest BCUT2D eigenvalue weighted by Crippen LogP contribution is -2.32. The molecular weight excluding hydrogens is 431 g/mol. The van der Waals surface area contributed by atoms with Crippen LogP contribution in [-0.4, -0.2) is 27.4 Å². The molecule has 1 amide bonds. The Morgan fingerprint density at radius 3 is 2.62 bits per heavy atom. The van der Waals surface area contributed by atoms with Gasteiger partial charge in [0, 0.05) is 66.3 Å². The first-order valence-electron chi connectivity index (χ1n) is 11.0. The van der Waals surface area contributed by atoms with Crippen LogP contribution in [0.15, 0.2) is 73.2 Å². The van der Waals surface area contributed by atoms with E-state index in [4.69, 9.17) is 4.98 Å². The third kappa shape index (κ3) is 4.71. The van der Waals surface area contributed by atoms with E-state index in [1.807, 2.05) is 36.5 Å². The number of hydrogen-bond donors (Lipinski definition) is 2. The number of halogens is 1. The van der Waals surface area contributed by atoms with Crippen molar-refractivity contribution in [1.29, 1.82) is 0 Å². The largest absolute Gasteiger partial charge is 0.366 e. The van der Waals surface area contributed by atoms with Crippen molar-refractivity contribution < 1.29 is 9.18 Å². The van der Waals surface area contributed by atoms with Gasteiger partial charge < -0.3 is 15.5 Å². The van der Waals surface area contributed by atoms with E-state index in [1.165, 1.54) is 24.3 Å². The van der Waals surface area contributed by atoms with Gasteiger partial charge in [-0.3, -0.25) is 9.78 Å². The van der Waals surface area contributed by atoms with Crippen molar-refractivity contribution in [3.8, 4) is 0 Å². The summed E-state index contributed by atoms with van der Waals surface area (Å²) in [5.74, 6) is -0.0784. The van der Waals surface area contributed by atoms with Crippen LogP contribution in [0.4, 0.5) is 27.4 Å². The molecule has 2 N–H and O–H groups in total. The van der Waals surface area contributed by atoms with Gasteiger partial charge in [-0.15, -0.1) is 0 Å². The van der Waals surface area contributed by atoms with E-state index in [2.05, 4.69) is 32.4 Å². The van der Waals surface area contributed by atoms with E-state index in [0.29, 0.717) is 23.7 Å². The number of pyridine rings is 1. The van der Waals surface area contributed by atoms with Crippen LogP contribution < -0.4 is 15.5 Å². The van der Waals surface area contributed by atoms with Gasteiger partial charge in [0.1, 0.15) is 5.82 Å². The molecular formula is C26H23FN6O. The van der Waals surface area contributed by atoms with Gasteiger partial charge in [0.25, 0.3) is 5.91 Å². The number of nitrogens with zero attached hydrogens (tertiary/aromatic N) is 4. The third-order valence-electron chi connectivity index (χ3n) is 5.78. The minimum absolute atomic E-state index is 0.276. The summed E-state index contributed by atoms with van der Waals surface area (Å²) in [5.41, 5.74) is 6.25. The van der Waals surface area contributed by atoms with Gasteiger partial charge in [-0.1, -0.05) is 6.07 Å². The van der Waals surface area contributed by atoms with Gasteiger partial charge >= 0.3 is 0 Å². The standard InChI is InChI=1S/C26H23FN6O/c1-17-2-7-22(30-25(34)18-3-5-20(27)6-4-18)14-24(17)33-13-10-23-19(16-33)15-29-26(32-23)31-21-8-11-28-12-9-21/h2-9,11-12,14-15H,10,13,16H2,1H3,(H,30,34)(H,28,29,31,32). The molecule has 1 aliphatic rings. The van der Waals surface area contributed by atoms with Crippen LogP contribution in [0.3, 0.4) is 0 Å². The molecule has 0 fully saturated rings. The lowest BCUT2D eigenvalue weighted by atomic mass is 10.0. The van der Waals surface area contributed by atoms with Gasteiger partial charge in [0.2, 0.25) is 5.95 Å². The smallest absolute Gasteiger partial charge is 0.255 e. The first-order valence-corrected chi connectivity index (χ1v) is 11.0. The summed E-state index contributed by atoms with van der Waals surface area (Å²) >= 11 is 0. The predicted octanol–water partition coefficient (Wildman–Crippen LogP) is 4.88. The number of anilines is 4. The van der Waals surface area contributed by atoms with Crippen molar-refractivity contribution in [3.63, 3.8) is 0 Å². The Hall–Kier alpha value is -4.33. The number of aryl methyl sites for hydroxylation is 1. The predicted molar refractivity (Wildman–Crippen MR) is 130 cm³/mol. The molecule has 2 aromatic heterocycles. The van der Waals surface area contributed by atoms with Crippen molar-refractivity contribution in [2.24, 2.45) is 0 Å². The van der Waals surface area contributed by atoms with Gasteiger partial charge in [-0.25, -0.2) is 14.4 Å². The fourth-order valence-electron chi connectivity index (χ4n) is 3.98. The van der Waals surface area contributed by atoms with Crippen LogP contribution in [0, 0.1) is 12.7 Å². The molecule has 7 nitrogen and oxygen atoms in total. The molecule has 2 aromatic carbocycles. The average Bonchev–Trinajstić information content (AvgIpc) is 2.86. The second-order valence-corrected chi connectivity index (χ2v) is 8.16. The van der Waals surface area contributed by atoms with E-state index in [0.717, 1.165) is 41.2 Å². The summed E-state index contributed by atoms with van der Waals surface area (Å²) in [4.78, 5) is 28.0. The highest BCUT2D eigenvalue weighted by Crippen LogP contribution is 2.29. The lowest BCUT2D eigenvalue weighted by molar-refractivity contribution is 0.102. The number of carbonyl (C=O) groups is 1. The normalized spacial score (nSPS) is 12.7. The van der Waals surface area contributed by atoms with Crippen LogP contribution in [0.25, 0.3) is 0 Å². The molecule has 1 aliphatic heterocycles. The SMILES string of the molecule is Cc1ccc(NC(=O)c2ccc(F)cc2)cc1N1CCc2nc(Nc3ccncc3)ncc2C1. The van der Waals surface area contributed by atoms with E-state index in [1.54, 1.807) is 12.4 Å². The highest BCUT2D eigenvalue weighted by Gasteiger charge is 2.20. The minimum atomic E-state index is -0.371. The Morgan fingerprint density at radius 2 is 1.82 bits per heavy atom. The Kier molecular flexibility index (Phi) is 5.86. The topological polar surface area (TPSA) is 83.0 Å². The Balaban J connectivity index is 1.31. The molecule has 0 bridgehead atoms. The van der Waals surface area contributed by atoms with Crippen molar-refractivity contribution in [2.75, 3.05) is 22.1 Å². The Labute approximate surface area is 196 Å². The summed E-state index contributed by atoms with van der Waals surface area (Å²) in [6.45, 7) is 3.53. The van der Waals surface area contributed by atoms with Crippen molar-refractivity contribution in [1.82, 2.24) is 15.0 Å². The summed E-state index contributed by atoms with van der Waals surface area (Å²) in [6, 6.07) is 15.1. The maximum Gasteiger partial charge on any atom is 0.255 e. The zero-order valence-corrected chi connectivity index (χ0v) is 18.6. The van der Waals surface area contributed by atoms with Crippen LogP contribution in [0.5, 0.6) is 0 Å². The number of aromatic nitrogens is 3. The monoisotopic (exact) mass is 454 g/mol. The molecule has 8 heteroatoms. The zero-order valence-electron chi connectivity index (χ0n) is 18.6. The zero-order chi connectivity index (χ0) is 23.5. The maximum atomic E-state index is 13.2.